The van der Waals surface area contributed by atoms with E-state index in [2.05, 4.69) is 24.4 Å². The summed E-state index contributed by atoms with van der Waals surface area (Å²) in [4.78, 5) is 17.9. The molecule has 0 aliphatic carbocycles. The van der Waals surface area contributed by atoms with Gasteiger partial charge in [0, 0.05) is 17.9 Å². The quantitative estimate of drug-likeness (QED) is 0.161. The summed E-state index contributed by atoms with van der Waals surface area (Å²) in [6, 6.07) is 15.4. The number of carbonyl (C=O) groups is 1. The van der Waals surface area contributed by atoms with Crippen LogP contribution in [-0.4, -0.2) is 46.8 Å². The van der Waals surface area contributed by atoms with Gasteiger partial charge >= 0.3 is 5.97 Å². The number of carbonyl (C=O) groups excluding carboxylic acids is 1. The molecule has 0 radical (unpaired) electrons. The molecule has 1 unspecified atom stereocenters. The highest BCUT2D eigenvalue weighted by Crippen LogP contribution is 2.40. The summed E-state index contributed by atoms with van der Waals surface area (Å²) in [6.45, 7) is 6.87. The Morgan fingerprint density at radius 1 is 1.08 bits per heavy atom. The molecule has 0 bridgehead atoms. The van der Waals surface area contributed by atoms with Crippen LogP contribution in [0, 0.1) is 0 Å². The van der Waals surface area contributed by atoms with Crippen molar-refractivity contribution in [3.63, 3.8) is 0 Å². The Morgan fingerprint density at radius 2 is 1.89 bits per heavy atom. The number of unbranched alkanes of at least 4 members (excludes halogenated alkanes) is 1. The molecule has 1 atom stereocenters. The molecule has 38 heavy (non-hydrogen) atoms. The molecule has 0 saturated heterocycles. The van der Waals surface area contributed by atoms with Crippen LogP contribution in [0.5, 0.6) is 11.5 Å². The van der Waals surface area contributed by atoms with Gasteiger partial charge in [0.2, 0.25) is 11.1 Å². The van der Waals surface area contributed by atoms with Gasteiger partial charge < -0.3 is 19.5 Å². The van der Waals surface area contributed by atoms with Gasteiger partial charge in [-0.3, -0.25) is 0 Å². The van der Waals surface area contributed by atoms with Crippen molar-refractivity contribution in [1.82, 2.24) is 14.8 Å². The molecule has 0 fully saturated rings. The van der Waals surface area contributed by atoms with Crippen LogP contribution in [0.2, 0.25) is 0 Å². The Labute approximate surface area is 228 Å². The average molecular weight is 537 g/mol. The number of ether oxygens (including phenoxy) is 3. The third kappa shape index (κ3) is 6.51. The number of thioether (sulfide) groups is 1. The van der Waals surface area contributed by atoms with Gasteiger partial charge in [-0.25, -0.2) is 9.48 Å². The molecule has 8 nitrogen and oxygen atoms in total. The Balaban J connectivity index is 1.64. The van der Waals surface area contributed by atoms with Crippen molar-refractivity contribution in [1.29, 1.82) is 0 Å². The van der Waals surface area contributed by atoms with Crippen LogP contribution in [-0.2, 0) is 16.0 Å². The van der Waals surface area contributed by atoms with E-state index in [0.717, 1.165) is 37.0 Å². The molecule has 0 amide bonds. The minimum absolute atomic E-state index is 0.349. The number of methoxy groups -OCH3 is 1. The fraction of sp³-hybridized carbons (Fsp3) is 0.414. The summed E-state index contributed by atoms with van der Waals surface area (Å²) in [6.07, 6.45) is 3.72. The Hall–Kier alpha value is -3.46. The number of hydrogen-bond acceptors (Lipinski definition) is 8. The van der Waals surface area contributed by atoms with Crippen LogP contribution in [0.15, 0.2) is 65.0 Å². The van der Waals surface area contributed by atoms with Crippen LogP contribution in [0.4, 0.5) is 5.95 Å². The highest BCUT2D eigenvalue weighted by atomic mass is 32.2. The van der Waals surface area contributed by atoms with E-state index >= 15 is 0 Å². The zero-order valence-corrected chi connectivity index (χ0v) is 23.3. The molecule has 9 heteroatoms. The standard InChI is InChI=1S/C29H36N4O4S/c1-5-7-18-38-29-31-28-30-20(3)25(27(34)37-16-6-2)26(33(28)32-29)22-13-14-23(24(19-22)35-4)36-17-15-21-11-9-8-10-12-21/h8-14,19,26H,5-7,15-18H2,1-4H3,(H,30,31,32). The molecular formula is C29H36N4O4S. The van der Waals surface area contributed by atoms with Crippen LogP contribution in [0.1, 0.15) is 57.2 Å². The van der Waals surface area contributed by atoms with Crippen molar-refractivity contribution in [3.8, 4) is 11.5 Å². The third-order valence-corrected chi connectivity index (χ3v) is 7.14. The van der Waals surface area contributed by atoms with E-state index < -0.39 is 6.04 Å². The minimum Gasteiger partial charge on any atom is -0.493 e. The maximum atomic E-state index is 13.2. The van der Waals surface area contributed by atoms with Gasteiger partial charge in [-0.2, -0.15) is 4.98 Å². The highest BCUT2D eigenvalue weighted by molar-refractivity contribution is 7.99. The van der Waals surface area contributed by atoms with Crippen molar-refractivity contribution >= 4 is 23.7 Å². The molecule has 3 aromatic rings. The number of hydrogen-bond donors (Lipinski definition) is 1. The topological polar surface area (TPSA) is 87.5 Å². The highest BCUT2D eigenvalue weighted by Gasteiger charge is 2.35. The lowest BCUT2D eigenvalue weighted by Gasteiger charge is -2.28. The normalized spacial score (nSPS) is 14.6. The largest absolute Gasteiger partial charge is 0.493 e. The number of benzene rings is 2. The van der Waals surface area contributed by atoms with E-state index in [-0.39, 0.29) is 5.97 Å². The maximum Gasteiger partial charge on any atom is 0.338 e. The number of esters is 1. The predicted octanol–water partition coefficient (Wildman–Crippen LogP) is 6.04. The number of anilines is 1. The molecule has 1 aliphatic heterocycles. The molecule has 0 saturated carbocycles. The lowest BCUT2D eigenvalue weighted by atomic mass is 9.95. The summed E-state index contributed by atoms with van der Waals surface area (Å²) in [5.74, 6) is 2.40. The van der Waals surface area contributed by atoms with Crippen LogP contribution in [0.3, 0.4) is 0 Å². The lowest BCUT2D eigenvalue weighted by molar-refractivity contribution is -0.139. The van der Waals surface area contributed by atoms with Crippen LogP contribution < -0.4 is 14.8 Å². The first-order chi connectivity index (χ1) is 18.5. The molecule has 4 rings (SSSR count). The number of nitrogens with one attached hydrogen (secondary N) is 1. The number of allylic oxidation sites excluding steroid dienone is 1. The van der Waals surface area contributed by atoms with Gasteiger partial charge in [0.25, 0.3) is 0 Å². The summed E-state index contributed by atoms with van der Waals surface area (Å²) < 4.78 is 19.1. The SMILES string of the molecule is CCCCSc1nc2n(n1)C(c1ccc(OCCc3ccccc3)c(OC)c1)C(C(=O)OCCC)=C(C)N2. The Morgan fingerprint density at radius 3 is 2.63 bits per heavy atom. The van der Waals surface area contributed by atoms with Gasteiger partial charge in [0.1, 0.15) is 6.04 Å². The second kappa shape index (κ2) is 13.4. The zero-order chi connectivity index (χ0) is 26.9. The number of nitrogens with zero attached hydrogens (tertiary/aromatic N) is 3. The van der Waals surface area contributed by atoms with E-state index in [1.165, 1.54) is 5.56 Å². The summed E-state index contributed by atoms with van der Waals surface area (Å²) in [7, 11) is 1.62. The van der Waals surface area contributed by atoms with Crippen molar-refractivity contribution in [2.24, 2.45) is 0 Å². The van der Waals surface area contributed by atoms with Crippen molar-refractivity contribution < 1.29 is 19.0 Å². The van der Waals surface area contributed by atoms with E-state index in [1.807, 2.05) is 50.2 Å². The van der Waals surface area contributed by atoms with E-state index in [1.54, 1.807) is 23.6 Å². The number of fused-ring (bicyclic) bond motifs is 1. The molecule has 1 aliphatic rings. The number of aromatic nitrogens is 3. The van der Waals surface area contributed by atoms with Crippen molar-refractivity contribution in [2.45, 2.75) is 57.7 Å². The van der Waals surface area contributed by atoms with Crippen molar-refractivity contribution in [2.75, 3.05) is 31.4 Å². The Bertz CT molecular complexity index is 1260. The smallest absolute Gasteiger partial charge is 0.338 e. The first kappa shape index (κ1) is 27.6. The third-order valence-electron chi connectivity index (χ3n) is 6.21. The molecule has 2 heterocycles. The molecule has 202 valence electrons. The first-order valence-electron chi connectivity index (χ1n) is 13.1. The predicted molar refractivity (Wildman–Crippen MR) is 150 cm³/mol. The Kier molecular flexibility index (Phi) is 9.70. The average Bonchev–Trinajstić information content (AvgIpc) is 3.34. The fourth-order valence-electron chi connectivity index (χ4n) is 4.24. The second-order valence-corrected chi connectivity index (χ2v) is 10.1. The van der Waals surface area contributed by atoms with Gasteiger partial charge in [0.05, 0.1) is 25.9 Å². The summed E-state index contributed by atoms with van der Waals surface area (Å²) in [5, 5.41) is 8.72. The lowest BCUT2D eigenvalue weighted by Crippen LogP contribution is -2.29. The molecule has 0 spiro atoms. The van der Waals surface area contributed by atoms with Crippen LogP contribution in [0.25, 0.3) is 0 Å². The summed E-state index contributed by atoms with van der Waals surface area (Å²) in [5.41, 5.74) is 3.24. The zero-order valence-electron chi connectivity index (χ0n) is 22.5. The van der Waals surface area contributed by atoms with Gasteiger partial charge in [-0.05, 0) is 43.0 Å². The maximum absolute atomic E-state index is 13.2. The second-order valence-electron chi connectivity index (χ2n) is 9.06. The molecule has 2 aromatic carbocycles. The minimum atomic E-state index is -0.518. The van der Waals surface area contributed by atoms with Crippen molar-refractivity contribution in [3.05, 3.63) is 70.9 Å². The van der Waals surface area contributed by atoms with Gasteiger partial charge in [-0.1, -0.05) is 68.4 Å². The molecule has 1 aromatic heterocycles. The fourth-order valence-corrected chi connectivity index (χ4v) is 5.15. The van der Waals surface area contributed by atoms with E-state index in [9.17, 15) is 4.79 Å². The van der Waals surface area contributed by atoms with Gasteiger partial charge in [-0.15, -0.1) is 5.10 Å². The van der Waals surface area contributed by atoms with E-state index in [0.29, 0.717) is 47.1 Å². The first-order valence-corrected chi connectivity index (χ1v) is 14.1. The summed E-state index contributed by atoms with van der Waals surface area (Å²) >= 11 is 1.62. The number of rotatable bonds is 13. The monoisotopic (exact) mass is 536 g/mol. The molecular weight excluding hydrogens is 500 g/mol. The van der Waals surface area contributed by atoms with E-state index in [4.69, 9.17) is 24.3 Å². The molecule has 1 N–H and O–H groups in total. The van der Waals surface area contributed by atoms with Gasteiger partial charge in [0.15, 0.2) is 11.5 Å². The van der Waals surface area contributed by atoms with Crippen LogP contribution >= 0.6 is 11.8 Å².